The number of hydrogen-bond acceptors (Lipinski definition) is 4. The third-order valence-electron chi connectivity index (χ3n) is 1.75. The monoisotopic (exact) mass is 243 g/mol. The van der Waals surface area contributed by atoms with Crippen LogP contribution in [0.3, 0.4) is 0 Å². The molecule has 0 radical (unpaired) electrons. The van der Waals surface area contributed by atoms with Crippen LogP contribution in [0.15, 0.2) is 30.3 Å². The molecule has 88 valence electrons. The number of amides is 1. The first-order chi connectivity index (χ1) is 7.49. The maximum absolute atomic E-state index is 11.4. The third kappa shape index (κ3) is 4.87. The van der Waals surface area contributed by atoms with Gasteiger partial charge in [0.05, 0.1) is 5.75 Å². The van der Waals surface area contributed by atoms with E-state index < -0.39 is 10.0 Å². The van der Waals surface area contributed by atoms with Crippen LogP contribution in [-0.4, -0.2) is 26.6 Å². The molecular formula is C9H13N3O3S. The van der Waals surface area contributed by atoms with E-state index in [0.29, 0.717) is 5.56 Å². The second-order valence-corrected chi connectivity index (χ2v) is 4.85. The summed E-state index contributed by atoms with van der Waals surface area (Å²) in [5, 5.41) is 4.78. The Kier molecular flexibility index (Phi) is 4.41. The highest BCUT2D eigenvalue weighted by Gasteiger charge is 2.04. The van der Waals surface area contributed by atoms with Gasteiger partial charge in [-0.25, -0.2) is 19.0 Å². The van der Waals surface area contributed by atoms with Gasteiger partial charge in [-0.3, -0.25) is 10.2 Å². The zero-order chi connectivity index (χ0) is 12.0. The van der Waals surface area contributed by atoms with Crippen molar-refractivity contribution in [1.82, 2.24) is 10.9 Å². The van der Waals surface area contributed by atoms with Gasteiger partial charge in [0.2, 0.25) is 10.0 Å². The van der Waals surface area contributed by atoms with E-state index in [1.807, 2.05) is 0 Å². The van der Waals surface area contributed by atoms with Crippen LogP contribution in [0.5, 0.6) is 0 Å². The highest BCUT2D eigenvalue weighted by molar-refractivity contribution is 7.89. The van der Waals surface area contributed by atoms with E-state index in [4.69, 9.17) is 5.14 Å². The van der Waals surface area contributed by atoms with Crippen LogP contribution in [0.4, 0.5) is 0 Å². The van der Waals surface area contributed by atoms with Crippen molar-refractivity contribution >= 4 is 15.9 Å². The second kappa shape index (κ2) is 5.59. The fourth-order valence-electron chi connectivity index (χ4n) is 0.998. The Bertz CT molecular complexity index is 444. The molecule has 4 N–H and O–H groups in total. The number of hydrazine groups is 1. The first-order valence-electron chi connectivity index (χ1n) is 4.58. The number of carbonyl (C=O) groups excluding carboxylic acids is 1. The summed E-state index contributed by atoms with van der Waals surface area (Å²) >= 11 is 0. The van der Waals surface area contributed by atoms with Gasteiger partial charge in [-0.2, -0.15) is 0 Å². The lowest BCUT2D eigenvalue weighted by Gasteiger charge is -2.05. The summed E-state index contributed by atoms with van der Waals surface area (Å²) in [6.07, 6.45) is 0. The van der Waals surface area contributed by atoms with E-state index in [9.17, 15) is 13.2 Å². The van der Waals surface area contributed by atoms with Gasteiger partial charge < -0.3 is 0 Å². The zero-order valence-corrected chi connectivity index (χ0v) is 9.33. The van der Waals surface area contributed by atoms with Gasteiger partial charge >= 0.3 is 0 Å². The molecule has 0 aliphatic rings. The molecule has 1 amide bonds. The summed E-state index contributed by atoms with van der Waals surface area (Å²) in [7, 11) is -3.50. The molecule has 1 aromatic carbocycles. The Balaban J connectivity index is 2.32. The zero-order valence-electron chi connectivity index (χ0n) is 8.51. The van der Waals surface area contributed by atoms with Crippen LogP contribution >= 0.6 is 0 Å². The van der Waals surface area contributed by atoms with Crippen molar-refractivity contribution < 1.29 is 13.2 Å². The van der Waals surface area contributed by atoms with Crippen molar-refractivity contribution in [3.8, 4) is 0 Å². The predicted molar refractivity (Wildman–Crippen MR) is 59.9 cm³/mol. The van der Waals surface area contributed by atoms with Gasteiger partial charge in [-0.05, 0) is 12.1 Å². The normalized spacial score (nSPS) is 11.1. The minimum atomic E-state index is -3.50. The van der Waals surface area contributed by atoms with Crippen molar-refractivity contribution in [2.45, 2.75) is 0 Å². The van der Waals surface area contributed by atoms with Gasteiger partial charge in [-0.1, -0.05) is 18.2 Å². The molecule has 16 heavy (non-hydrogen) atoms. The lowest BCUT2D eigenvalue weighted by molar-refractivity contribution is 0.0934. The summed E-state index contributed by atoms with van der Waals surface area (Å²) < 4.78 is 21.1. The van der Waals surface area contributed by atoms with Crippen LogP contribution in [0.2, 0.25) is 0 Å². The van der Waals surface area contributed by atoms with Crippen molar-refractivity contribution in [2.75, 3.05) is 12.3 Å². The SMILES string of the molecule is NS(=O)(=O)CCNNC(=O)c1ccccc1. The molecule has 0 saturated heterocycles. The van der Waals surface area contributed by atoms with Crippen molar-refractivity contribution in [2.24, 2.45) is 5.14 Å². The van der Waals surface area contributed by atoms with Crippen LogP contribution in [0.1, 0.15) is 10.4 Å². The van der Waals surface area contributed by atoms with Crippen LogP contribution in [0.25, 0.3) is 0 Å². The third-order valence-corrected chi connectivity index (χ3v) is 2.52. The minimum absolute atomic E-state index is 0.0669. The molecule has 0 aromatic heterocycles. The molecule has 7 heteroatoms. The molecule has 0 unspecified atom stereocenters. The fourth-order valence-corrected chi connectivity index (χ4v) is 1.38. The minimum Gasteiger partial charge on any atom is -0.287 e. The van der Waals surface area contributed by atoms with Gasteiger partial charge in [0, 0.05) is 12.1 Å². The maximum Gasteiger partial charge on any atom is 0.265 e. The molecule has 0 bridgehead atoms. The largest absolute Gasteiger partial charge is 0.287 e. The van der Waals surface area contributed by atoms with Crippen molar-refractivity contribution in [1.29, 1.82) is 0 Å². The summed E-state index contributed by atoms with van der Waals surface area (Å²) in [5.41, 5.74) is 5.34. The van der Waals surface area contributed by atoms with E-state index >= 15 is 0 Å². The average molecular weight is 243 g/mol. The van der Waals surface area contributed by atoms with E-state index in [0.717, 1.165) is 0 Å². The topological polar surface area (TPSA) is 101 Å². The molecule has 0 aliphatic heterocycles. The summed E-state index contributed by atoms with van der Waals surface area (Å²) in [6.45, 7) is 0.0669. The Morgan fingerprint density at radius 2 is 1.88 bits per heavy atom. The van der Waals surface area contributed by atoms with E-state index in [2.05, 4.69) is 10.9 Å². The van der Waals surface area contributed by atoms with Gasteiger partial charge in [0.1, 0.15) is 0 Å². The lowest BCUT2D eigenvalue weighted by Crippen LogP contribution is -2.40. The fraction of sp³-hybridized carbons (Fsp3) is 0.222. The first kappa shape index (κ1) is 12.6. The Hall–Kier alpha value is -1.44. The van der Waals surface area contributed by atoms with Gasteiger partial charge in [0.15, 0.2) is 0 Å². The molecule has 0 atom stereocenters. The molecule has 0 saturated carbocycles. The van der Waals surface area contributed by atoms with E-state index in [1.165, 1.54) is 0 Å². The molecule has 1 rings (SSSR count). The van der Waals surface area contributed by atoms with Gasteiger partial charge in [0.25, 0.3) is 5.91 Å². The van der Waals surface area contributed by atoms with Crippen molar-refractivity contribution in [3.05, 3.63) is 35.9 Å². The highest BCUT2D eigenvalue weighted by Crippen LogP contribution is 1.96. The smallest absolute Gasteiger partial charge is 0.265 e. The highest BCUT2D eigenvalue weighted by atomic mass is 32.2. The number of hydrogen-bond donors (Lipinski definition) is 3. The number of sulfonamides is 1. The van der Waals surface area contributed by atoms with Crippen molar-refractivity contribution in [3.63, 3.8) is 0 Å². The number of primary sulfonamides is 1. The second-order valence-electron chi connectivity index (χ2n) is 3.11. The average Bonchev–Trinajstić information content (AvgIpc) is 2.24. The lowest BCUT2D eigenvalue weighted by atomic mass is 10.2. The Labute approximate surface area is 93.9 Å². The molecule has 0 spiro atoms. The molecule has 1 aromatic rings. The number of nitrogens with two attached hydrogens (primary N) is 1. The maximum atomic E-state index is 11.4. The number of nitrogens with one attached hydrogen (secondary N) is 2. The predicted octanol–water partition coefficient (Wildman–Crippen LogP) is -0.790. The number of benzene rings is 1. The summed E-state index contributed by atoms with van der Waals surface area (Å²) in [6, 6.07) is 8.57. The Morgan fingerprint density at radius 1 is 1.25 bits per heavy atom. The van der Waals surface area contributed by atoms with Crippen LogP contribution < -0.4 is 16.0 Å². The quantitative estimate of drug-likeness (QED) is 0.466. The first-order valence-corrected chi connectivity index (χ1v) is 6.29. The van der Waals surface area contributed by atoms with Crippen LogP contribution in [-0.2, 0) is 10.0 Å². The van der Waals surface area contributed by atoms with E-state index in [-0.39, 0.29) is 18.2 Å². The summed E-state index contributed by atoms with van der Waals surface area (Å²) in [4.78, 5) is 11.4. The summed E-state index contributed by atoms with van der Waals surface area (Å²) in [5.74, 6) is -0.558. The van der Waals surface area contributed by atoms with Crippen LogP contribution in [0, 0.1) is 0 Å². The number of rotatable bonds is 5. The number of carbonyl (C=O) groups is 1. The molecule has 6 nitrogen and oxygen atoms in total. The van der Waals surface area contributed by atoms with Gasteiger partial charge in [-0.15, -0.1) is 0 Å². The molecule has 0 heterocycles. The molecule has 0 aliphatic carbocycles. The van der Waals surface area contributed by atoms with E-state index in [1.54, 1.807) is 30.3 Å². The molecule has 0 fully saturated rings. The Morgan fingerprint density at radius 3 is 2.44 bits per heavy atom. The standard InChI is InChI=1S/C9H13N3O3S/c10-16(14,15)7-6-11-12-9(13)8-4-2-1-3-5-8/h1-5,11H,6-7H2,(H,12,13)(H2,10,14,15). The molecular weight excluding hydrogens is 230 g/mol.